The first-order chi connectivity index (χ1) is 13.2. The minimum Gasteiger partial charge on any atom is -0.383 e. The summed E-state index contributed by atoms with van der Waals surface area (Å²) in [4.78, 5) is 13.1. The SMILES string of the molecule is COCCN(CC(F)F)C(=O)c1ccc(S(=O)(=O)Nc2ccccc2F)cc1. The predicted octanol–water partition coefficient (Wildman–Crippen LogP) is 2.98. The van der Waals surface area contributed by atoms with Crippen molar-refractivity contribution in [3.8, 4) is 0 Å². The number of alkyl halides is 2. The van der Waals surface area contributed by atoms with Crippen molar-refractivity contribution in [1.29, 1.82) is 0 Å². The molecule has 0 aromatic heterocycles. The maximum atomic E-state index is 13.7. The van der Waals surface area contributed by atoms with Gasteiger partial charge in [-0.25, -0.2) is 21.6 Å². The summed E-state index contributed by atoms with van der Waals surface area (Å²) in [5, 5.41) is 0. The van der Waals surface area contributed by atoms with Gasteiger partial charge in [0, 0.05) is 19.2 Å². The summed E-state index contributed by atoms with van der Waals surface area (Å²) >= 11 is 0. The maximum absolute atomic E-state index is 13.7. The molecule has 28 heavy (non-hydrogen) atoms. The Kier molecular flexibility index (Phi) is 7.41. The van der Waals surface area contributed by atoms with Crippen LogP contribution in [-0.2, 0) is 14.8 Å². The van der Waals surface area contributed by atoms with E-state index in [1.165, 1.54) is 37.4 Å². The van der Waals surface area contributed by atoms with Gasteiger partial charge in [0.2, 0.25) is 0 Å². The quantitative estimate of drug-likeness (QED) is 0.682. The van der Waals surface area contributed by atoms with Crippen molar-refractivity contribution >= 4 is 21.6 Å². The smallest absolute Gasteiger partial charge is 0.261 e. The molecule has 0 heterocycles. The predicted molar refractivity (Wildman–Crippen MR) is 97.4 cm³/mol. The Balaban J connectivity index is 2.19. The first-order valence-electron chi connectivity index (χ1n) is 8.18. The molecule has 2 aromatic carbocycles. The number of methoxy groups -OCH3 is 1. The molecule has 1 N–H and O–H groups in total. The number of para-hydroxylation sites is 1. The number of hydrogen-bond acceptors (Lipinski definition) is 4. The number of sulfonamides is 1. The number of amides is 1. The molecule has 0 aliphatic heterocycles. The van der Waals surface area contributed by atoms with E-state index in [1.54, 1.807) is 0 Å². The molecular weight excluding hydrogens is 397 g/mol. The summed E-state index contributed by atoms with van der Waals surface area (Å²) in [6.07, 6.45) is -2.72. The minimum atomic E-state index is -4.09. The molecule has 152 valence electrons. The lowest BCUT2D eigenvalue weighted by Crippen LogP contribution is -2.37. The van der Waals surface area contributed by atoms with Gasteiger partial charge in [0.1, 0.15) is 5.82 Å². The van der Waals surface area contributed by atoms with Crippen molar-refractivity contribution in [2.45, 2.75) is 11.3 Å². The Morgan fingerprint density at radius 2 is 1.79 bits per heavy atom. The second-order valence-corrected chi connectivity index (χ2v) is 7.43. The fraction of sp³-hybridized carbons (Fsp3) is 0.278. The van der Waals surface area contributed by atoms with Crippen molar-refractivity contribution in [3.05, 3.63) is 59.9 Å². The number of anilines is 1. The molecule has 0 saturated carbocycles. The number of hydrogen-bond donors (Lipinski definition) is 1. The molecular formula is C18H19F3N2O4S. The van der Waals surface area contributed by atoms with Crippen LogP contribution in [0.2, 0.25) is 0 Å². The van der Waals surface area contributed by atoms with Gasteiger partial charge in [-0.05, 0) is 36.4 Å². The third kappa shape index (κ3) is 5.70. The molecule has 0 bridgehead atoms. The van der Waals surface area contributed by atoms with E-state index < -0.39 is 34.7 Å². The van der Waals surface area contributed by atoms with Gasteiger partial charge < -0.3 is 9.64 Å². The van der Waals surface area contributed by atoms with Crippen LogP contribution in [0.3, 0.4) is 0 Å². The van der Waals surface area contributed by atoms with Crippen LogP contribution >= 0.6 is 0 Å². The summed E-state index contributed by atoms with van der Waals surface area (Å²) in [6, 6.07) is 9.98. The highest BCUT2D eigenvalue weighted by molar-refractivity contribution is 7.92. The van der Waals surface area contributed by atoms with Crippen LogP contribution in [0, 0.1) is 5.82 Å². The average molecular weight is 416 g/mol. The molecule has 2 aromatic rings. The average Bonchev–Trinajstić information content (AvgIpc) is 2.66. The summed E-state index contributed by atoms with van der Waals surface area (Å²) in [5.74, 6) is -1.41. The molecule has 0 radical (unpaired) electrons. The largest absolute Gasteiger partial charge is 0.383 e. The van der Waals surface area contributed by atoms with Gasteiger partial charge in [0.25, 0.3) is 22.4 Å². The number of carbonyl (C=O) groups is 1. The number of rotatable bonds is 9. The lowest BCUT2D eigenvalue weighted by Gasteiger charge is -2.22. The lowest BCUT2D eigenvalue weighted by molar-refractivity contribution is 0.0478. The van der Waals surface area contributed by atoms with Gasteiger partial charge in [0.15, 0.2) is 0 Å². The lowest BCUT2D eigenvalue weighted by atomic mass is 10.2. The van der Waals surface area contributed by atoms with Crippen LogP contribution < -0.4 is 4.72 Å². The summed E-state index contributed by atoms with van der Waals surface area (Å²) < 4.78 is 70.7. The van der Waals surface area contributed by atoms with Crippen LogP contribution in [0.1, 0.15) is 10.4 Å². The van der Waals surface area contributed by atoms with Crippen LogP contribution in [0.15, 0.2) is 53.4 Å². The number of benzene rings is 2. The van der Waals surface area contributed by atoms with E-state index in [0.29, 0.717) is 0 Å². The first kappa shape index (κ1) is 21.7. The maximum Gasteiger partial charge on any atom is 0.261 e. The first-order valence-corrected chi connectivity index (χ1v) is 9.66. The number of carbonyl (C=O) groups excluding carboxylic acids is 1. The number of nitrogens with one attached hydrogen (secondary N) is 1. The van der Waals surface area contributed by atoms with Crippen LogP contribution in [-0.4, -0.2) is 52.5 Å². The van der Waals surface area contributed by atoms with Gasteiger partial charge >= 0.3 is 0 Å². The number of ether oxygens (including phenoxy) is 1. The molecule has 1 amide bonds. The van der Waals surface area contributed by atoms with E-state index >= 15 is 0 Å². The van der Waals surface area contributed by atoms with Crippen molar-refractivity contribution in [1.82, 2.24) is 4.90 Å². The van der Waals surface area contributed by atoms with E-state index in [9.17, 15) is 26.4 Å². The van der Waals surface area contributed by atoms with Crippen LogP contribution in [0.25, 0.3) is 0 Å². The van der Waals surface area contributed by atoms with Gasteiger partial charge in [0.05, 0.1) is 23.7 Å². The Morgan fingerprint density at radius 3 is 2.36 bits per heavy atom. The standard InChI is InChI=1S/C18H19F3N2O4S/c1-27-11-10-23(12-17(20)21)18(24)13-6-8-14(9-7-13)28(25,26)22-16-5-3-2-4-15(16)19/h2-9,17,22H,10-12H2,1H3. The van der Waals surface area contributed by atoms with Gasteiger partial charge in [-0.15, -0.1) is 0 Å². The highest BCUT2D eigenvalue weighted by atomic mass is 32.2. The fourth-order valence-corrected chi connectivity index (χ4v) is 3.42. The monoisotopic (exact) mass is 416 g/mol. The highest BCUT2D eigenvalue weighted by Crippen LogP contribution is 2.19. The third-order valence-electron chi connectivity index (χ3n) is 3.74. The van der Waals surface area contributed by atoms with E-state index in [0.717, 1.165) is 23.1 Å². The molecule has 0 aliphatic rings. The van der Waals surface area contributed by atoms with Crippen LogP contribution in [0.4, 0.5) is 18.9 Å². The number of nitrogens with zero attached hydrogens (tertiary/aromatic N) is 1. The Hall–Kier alpha value is -2.59. The summed E-state index contributed by atoms with van der Waals surface area (Å²) in [7, 11) is -2.70. The molecule has 2 rings (SSSR count). The molecule has 6 nitrogen and oxygen atoms in total. The van der Waals surface area contributed by atoms with Crippen LogP contribution in [0.5, 0.6) is 0 Å². The second-order valence-electron chi connectivity index (χ2n) is 5.74. The van der Waals surface area contributed by atoms with E-state index in [-0.39, 0.29) is 29.3 Å². The highest BCUT2D eigenvalue weighted by Gasteiger charge is 2.21. The van der Waals surface area contributed by atoms with Crippen molar-refractivity contribution in [3.63, 3.8) is 0 Å². The van der Waals surface area contributed by atoms with Crippen molar-refractivity contribution in [2.24, 2.45) is 0 Å². The molecule has 0 aliphatic carbocycles. The zero-order valence-corrected chi connectivity index (χ0v) is 15.8. The molecule has 0 saturated heterocycles. The summed E-state index contributed by atoms with van der Waals surface area (Å²) in [6.45, 7) is -0.719. The zero-order valence-electron chi connectivity index (χ0n) is 14.9. The van der Waals surface area contributed by atoms with E-state index in [1.807, 2.05) is 0 Å². The molecule has 0 unspecified atom stereocenters. The Bertz CT molecular complexity index is 905. The van der Waals surface area contributed by atoms with Gasteiger partial charge in [-0.1, -0.05) is 12.1 Å². The topological polar surface area (TPSA) is 75.7 Å². The summed E-state index contributed by atoms with van der Waals surface area (Å²) in [5.41, 5.74) is -0.174. The zero-order chi connectivity index (χ0) is 20.7. The minimum absolute atomic E-state index is 0.0332. The Labute approximate surface area is 161 Å². The third-order valence-corrected chi connectivity index (χ3v) is 5.12. The number of halogens is 3. The second kappa shape index (κ2) is 9.56. The van der Waals surface area contributed by atoms with Gasteiger partial charge in [-0.3, -0.25) is 9.52 Å². The normalized spacial score (nSPS) is 11.5. The fourth-order valence-electron chi connectivity index (χ4n) is 2.35. The van der Waals surface area contributed by atoms with E-state index in [2.05, 4.69) is 4.72 Å². The van der Waals surface area contributed by atoms with Gasteiger partial charge in [-0.2, -0.15) is 0 Å². The van der Waals surface area contributed by atoms with E-state index in [4.69, 9.17) is 4.74 Å². The van der Waals surface area contributed by atoms with Crippen molar-refractivity contribution in [2.75, 3.05) is 31.5 Å². The molecule has 0 spiro atoms. The van der Waals surface area contributed by atoms with Crippen molar-refractivity contribution < 1.29 is 31.1 Å². The molecule has 0 atom stereocenters. The Morgan fingerprint density at radius 1 is 1.14 bits per heavy atom. The molecule has 10 heteroatoms. The molecule has 0 fully saturated rings.